The van der Waals surface area contributed by atoms with Crippen LogP contribution in [-0.2, 0) is 4.79 Å². The van der Waals surface area contributed by atoms with Crippen molar-refractivity contribution in [1.82, 2.24) is 0 Å². The van der Waals surface area contributed by atoms with Gasteiger partial charge in [-0.15, -0.1) is 0 Å². The van der Waals surface area contributed by atoms with Crippen molar-refractivity contribution >= 4 is 37.8 Å². The van der Waals surface area contributed by atoms with E-state index in [1.165, 1.54) is 0 Å². The zero-order valence-electron chi connectivity index (χ0n) is 5.69. The van der Waals surface area contributed by atoms with Crippen molar-refractivity contribution < 1.29 is 9.90 Å². The second-order valence-corrected chi connectivity index (χ2v) is 4.78. The second-order valence-electron chi connectivity index (χ2n) is 2.13. The Balaban J connectivity index is 4.61. The molecule has 0 aromatic heterocycles. The van der Waals surface area contributed by atoms with Crippen molar-refractivity contribution in [2.75, 3.05) is 0 Å². The molecule has 0 saturated carbocycles. The molecular weight excluding hydrogens is 264 g/mol. The summed E-state index contributed by atoms with van der Waals surface area (Å²) in [6, 6.07) is 0. The second kappa shape index (κ2) is 4.13. The van der Waals surface area contributed by atoms with Gasteiger partial charge in [-0.25, -0.2) is 4.79 Å². The standard InChI is InChI=1S/C6H8Br2O2/c1-3(2)4(5(7)8)6(9)10/h3H,1-2H3,(H,9,10). The lowest BCUT2D eigenvalue weighted by Crippen LogP contribution is -2.07. The molecular formula is C6H8Br2O2. The summed E-state index contributed by atoms with van der Waals surface area (Å²) in [5, 5.41) is 8.60. The van der Waals surface area contributed by atoms with Crippen LogP contribution in [0.25, 0.3) is 0 Å². The van der Waals surface area contributed by atoms with Crippen LogP contribution in [0.5, 0.6) is 0 Å². The fraction of sp³-hybridized carbons (Fsp3) is 0.500. The molecule has 0 atom stereocenters. The van der Waals surface area contributed by atoms with Gasteiger partial charge in [-0.2, -0.15) is 0 Å². The van der Waals surface area contributed by atoms with Gasteiger partial charge in [-0.1, -0.05) is 13.8 Å². The normalized spacial score (nSPS) is 9.70. The van der Waals surface area contributed by atoms with E-state index in [0.29, 0.717) is 8.96 Å². The van der Waals surface area contributed by atoms with E-state index in [1.807, 2.05) is 13.8 Å². The Morgan fingerprint density at radius 3 is 1.80 bits per heavy atom. The van der Waals surface area contributed by atoms with E-state index >= 15 is 0 Å². The number of hydrogen-bond acceptors (Lipinski definition) is 1. The Morgan fingerprint density at radius 2 is 1.80 bits per heavy atom. The summed E-state index contributed by atoms with van der Waals surface area (Å²) in [6.45, 7) is 3.65. The molecule has 58 valence electrons. The van der Waals surface area contributed by atoms with Crippen molar-refractivity contribution in [2.24, 2.45) is 5.92 Å². The van der Waals surface area contributed by atoms with Gasteiger partial charge in [0.1, 0.15) is 0 Å². The highest BCUT2D eigenvalue weighted by molar-refractivity contribution is 9.28. The minimum atomic E-state index is -0.890. The smallest absolute Gasteiger partial charge is 0.333 e. The van der Waals surface area contributed by atoms with Crippen LogP contribution in [0.4, 0.5) is 0 Å². The quantitative estimate of drug-likeness (QED) is 0.785. The van der Waals surface area contributed by atoms with E-state index in [2.05, 4.69) is 31.9 Å². The van der Waals surface area contributed by atoms with Crippen molar-refractivity contribution in [2.45, 2.75) is 13.8 Å². The summed E-state index contributed by atoms with van der Waals surface area (Å²) in [6.07, 6.45) is 0. The molecule has 0 saturated heterocycles. The average Bonchev–Trinajstić information content (AvgIpc) is 1.59. The van der Waals surface area contributed by atoms with Crippen LogP contribution < -0.4 is 0 Å². The molecule has 0 fully saturated rings. The third-order valence-electron chi connectivity index (χ3n) is 1.01. The van der Waals surface area contributed by atoms with Crippen LogP contribution in [0.15, 0.2) is 8.96 Å². The zero-order chi connectivity index (χ0) is 8.31. The molecule has 1 N–H and O–H groups in total. The summed E-state index contributed by atoms with van der Waals surface area (Å²) in [5.41, 5.74) is 0.361. The van der Waals surface area contributed by atoms with E-state index in [9.17, 15) is 4.79 Å². The molecule has 0 aliphatic heterocycles. The van der Waals surface area contributed by atoms with E-state index in [1.54, 1.807) is 0 Å². The number of carbonyl (C=O) groups is 1. The minimum absolute atomic E-state index is 0.0197. The molecule has 0 spiro atoms. The minimum Gasteiger partial charge on any atom is -0.478 e. The first-order valence-corrected chi connectivity index (χ1v) is 4.34. The Labute approximate surface area is 76.6 Å². The number of carboxylic acids is 1. The predicted molar refractivity (Wildman–Crippen MR) is 47.4 cm³/mol. The molecule has 0 aliphatic rings. The van der Waals surface area contributed by atoms with E-state index in [4.69, 9.17) is 5.11 Å². The van der Waals surface area contributed by atoms with Gasteiger partial charge >= 0.3 is 5.97 Å². The average molecular weight is 272 g/mol. The third kappa shape index (κ3) is 2.84. The van der Waals surface area contributed by atoms with Crippen molar-refractivity contribution in [3.8, 4) is 0 Å². The van der Waals surface area contributed by atoms with Crippen molar-refractivity contribution in [3.63, 3.8) is 0 Å². The lowest BCUT2D eigenvalue weighted by atomic mass is 10.1. The Bertz CT molecular complexity index is 169. The van der Waals surface area contributed by atoms with Gasteiger partial charge in [-0.3, -0.25) is 0 Å². The monoisotopic (exact) mass is 270 g/mol. The maximum Gasteiger partial charge on any atom is 0.333 e. The lowest BCUT2D eigenvalue weighted by molar-refractivity contribution is -0.133. The summed E-state index contributed by atoms with van der Waals surface area (Å²) in [5.74, 6) is -0.870. The van der Waals surface area contributed by atoms with Crippen LogP contribution in [0, 0.1) is 5.92 Å². The van der Waals surface area contributed by atoms with Crippen molar-refractivity contribution in [3.05, 3.63) is 8.96 Å². The summed E-state index contributed by atoms with van der Waals surface area (Å²) < 4.78 is 0.516. The molecule has 0 amide bonds. The highest BCUT2D eigenvalue weighted by atomic mass is 79.9. The first-order chi connectivity index (χ1) is 4.46. The van der Waals surface area contributed by atoms with Gasteiger partial charge in [0.2, 0.25) is 0 Å². The topological polar surface area (TPSA) is 37.3 Å². The number of carboxylic acid groups (broad SMARTS) is 1. The van der Waals surface area contributed by atoms with Gasteiger partial charge in [0, 0.05) is 0 Å². The third-order valence-corrected chi connectivity index (χ3v) is 1.87. The number of rotatable bonds is 2. The van der Waals surface area contributed by atoms with Crippen LogP contribution >= 0.6 is 31.9 Å². The predicted octanol–water partition coefficient (Wildman–Crippen LogP) is 2.73. The fourth-order valence-corrected chi connectivity index (χ4v) is 1.80. The SMILES string of the molecule is CC(C)C(C(=O)O)=C(Br)Br. The van der Waals surface area contributed by atoms with Crippen LogP contribution in [-0.4, -0.2) is 11.1 Å². The highest BCUT2D eigenvalue weighted by Gasteiger charge is 2.14. The molecule has 0 aromatic carbocycles. The summed E-state index contributed by atoms with van der Waals surface area (Å²) in [7, 11) is 0. The van der Waals surface area contributed by atoms with Gasteiger partial charge in [-0.05, 0) is 37.8 Å². The van der Waals surface area contributed by atoms with Crippen LogP contribution in [0.2, 0.25) is 0 Å². The van der Waals surface area contributed by atoms with Gasteiger partial charge in [0.05, 0.1) is 8.96 Å². The molecule has 0 bridgehead atoms. The van der Waals surface area contributed by atoms with Crippen LogP contribution in [0.1, 0.15) is 13.8 Å². The molecule has 0 aliphatic carbocycles. The first kappa shape index (κ1) is 10.2. The fourth-order valence-electron chi connectivity index (χ4n) is 0.546. The molecule has 0 heterocycles. The van der Waals surface area contributed by atoms with Crippen LogP contribution in [0.3, 0.4) is 0 Å². The Hall–Kier alpha value is 0.170. The van der Waals surface area contributed by atoms with Gasteiger partial charge < -0.3 is 5.11 Å². The molecule has 0 unspecified atom stereocenters. The Kier molecular flexibility index (Phi) is 4.20. The van der Waals surface area contributed by atoms with E-state index in [0.717, 1.165) is 0 Å². The maximum absolute atomic E-state index is 10.5. The molecule has 4 heteroatoms. The Morgan fingerprint density at radius 1 is 1.40 bits per heavy atom. The number of hydrogen-bond donors (Lipinski definition) is 1. The molecule has 10 heavy (non-hydrogen) atoms. The highest BCUT2D eigenvalue weighted by Crippen LogP contribution is 2.24. The first-order valence-electron chi connectivity index (χ1n) is 2.75. The zero-order valence-corrected chi connectivity index (χ0v) is 8.86. The number of aliphatic carboxylic acids is 1. The molecule has 0 radical (unpaired) electrons. The van der Waals surface area contributed by atoms with E-state index < -0.39 is 5.97 Å². The van der Waals surface area contributed by atoms with Gasteiger partial charge in [0.25, 0.3) is 0 Å². The van der Waals surface area contributed by atoms with Crippen molar-refractivity contribution in [1.29, 1.82) is 0 Å². The molecule has 2 nitrogen and oxygen atoms in total. The molecule has 0 rings (SSSR count). The maximum atomic E-state index is 10.5. The molecule has 0 aromatic rings. The number of halogens is 2. The largest absolute Gasteiger partial charge is 0.478 e. The van der Waals surface area contributed by atoms with E-state index in [-0.39, 0.29) is 5.92 Å². The van der Waals surface area contributed by atoms with Gasteiger partial charge in [0.15, 0.2) is 0 Å². The summed E-state index contributed by atoms with van der Waals surface area (Å²) >= 11 is 6.11. The lowest BCUT2D eigenvalue weighted by Gasteiger charge is -2.04. The summed E-state index contributed by atoms with van der Waals surface area (Å²) in [4.78, 5) is 10.5.